The Morgan fingerprint density at radius 1 is 1.06 bits per heavy atom. The first kappa shape index (κ1) is 22.1. The van der Waals surface area contributed by atoms with Crippen LogP contribution in [0.4, 0.5) is 0 Å². The molecular formula is C26H32N2O2S2. The van der Waals surface area contributed by atoms with E-state index in [4.69, 9.17) is 12.2 Å². The minimum atomic E-state index is 0.00316. The van der Waals surface area contributed by atoms with Crippen LogP contribution >= 0.6 is 24.0 Å². The SMILES string of the molecule is O=C(CCCCCN1C(=O)/C(=C/c2ccccc2)SC1=S)NC12CC3CC(CC(C3)C1)C2. The summed E-state index contributed by atoms with van der Waals surface area (Å²) in [6, 6.07) is 9.87. The number of carbonyl (C=O) groups is 2. The van der Waals surface area contributed by atoms with Crippen LogP contribution < -0.4 is 5.32 Å². The third-order valence-electron chi connectivity index (χ3n) is 7.70. The Bertz CT molecular complexity index is 892. The molecule has 1 heterocycles. The van der Waals surface area contributed by atoms with E-state index in [0.717, 1.165) is 42.6 Å². The molecule has 1 aliphatic heterocycles. The van der Waals surface area contributed by atoms with Gasteiger partial charge in [0, 0.05) is 18.5 Å². The predicted molar refractivity (Wildman–Crippen MR) is 134 cm³/mol. The molecule has 1 aromatic rings. The fourth-order valence-corrected chi connectivity index (χ4v) is 8.06. The normalized spacial score (nSPS) is 32.2. The van der Waals surface area contributed by atoms with E-state index in [9.17, 15) is 9.59 Å². The van der Waals surface area contributed by atoms with Crippen LogP contribution in [0.25, 0.3) is 6.08 Å². The van der Waals surface area contributed by atoms with Gasteiger partial charge in [-0.15, -0.1) is 0 Å². The van der Waals surface area contributed by atoms with Crippen molar-refractivity contribution < 1.29 is 9.59 Å². The molecule has 0 radical (unpaired) electrons. The maximum absolute atomic E-state index is 12.7. The van der Waals surface area contributed by atoms with Crippen molar-refractivity contribution in [1.29, 1.82) is 0 Å². The highest BCUT2D eigenvalue weighted by molar-refractivity contribution is 8.26. The van der Waals surface area contributed by atoms with Gasteiger partial charge in [0.15, 0.2) is 0 Å². The molecule has 0 spiro atoms. The smallest absolute Gasteiger partial charge is 0.266 e. The number of carbonyl (C=O) groups excluding carboxylic acids is 2. The lowest BCUT2D eigenvalue weighted by Gasteiger charge is -2.56. The van der Waals surface area contributed by atoms with Gasteiger partial charge in [-0.3, -0.25) is 14.5 Å². The monoisotopic (exact) mass is 468 g/mol. The van der Waals surface area contributed by atoms with E-state index in [0.29, 0.717) is 22.2 Å². The summed E-state index contributed by atoms with van der Waals surface area (Å²) in [6.07, 6.45) is 13.0. The van der Waals surface area contributed by atoms with Gasteiger partial charge in [0.05, 0.1) is 4.91 Å². The first-order valence-electron chi connectivity index (χ1n) is 12.1. The minimum Gasteiger partial charge on any atom is -0.351 e. The molecule has 32 heavy (non-hydrogen) atoms. The van der Waals surface area contributed by atoms with Crippen molar-refractivity contribution in [3.63, 3.8) is 0 Å². The summed E-state index contributed by atoms with van der Waals surface area (Å²) in [7, 11) is 0. The standard InChI is InChI=1S/C26H32N2O2S2/c29-23(27-26-15-19-11-20(16-26)13-21(12-19)17-26)9-5-2-6-10-28-24(30)22(32-25(28)31)14-18-7-3-1-4-8-18/h1,3-4,7-8,14,19-21H,2,5-6,9-13,15-17H2,(H,27,29)/b22-14-. The molecule has 0 aromatic heterocycles. The number of hydrogen-bond acceptors (Lipinski definition) is 4. The van der Waals surface area contributed by atoms with Gasteiger partial charge in [-0.2, -0.15) is 0 Å². The Hall–Kier alpha value is -1.66. The van der Waals surface area contributed by atoms with Crippen LogP contribution in [0.5, 0.6) is 0 Å². The van der Waals surface area contributed by atoms with Gasteiger partial charge in [0.1, 0.15) is 4.32 Å². The highest BCUT2D eigenvalue weighted by atomic mass is 32.2. The highest BCUT2D eigenvalue weighted by Crippen LogP contribution is 2.55. The molecule has 5 aliphatic rings. The summed E-state index contributed by atoms with van der Waals surface area (Å²) in [5, 5.41) is 3.46. The number of hydrogen-bond donors (Lipinski definition) is 1. The molecule has 1 aromatic carbocycles. The maximum atomic E-state index is 12.7. The molecule has 4 saturated carbocycles. The van der Waals surface area contributed by atoms with Gasteiger partial charge < -0.3 is 5.32 Å². The minimum absolute atomic E-state index is 0.00316. The Kier molecular flexibility index (Phi) is 6.44. The average Bonchev–Trinajstić information content (AvgIpc) is 3.00. The van der Waals surface area contributed by atoms with Crippen LogP contribution in [0.1, 0.15) is 69.8 Å². The Balaban J connectivity index is 1.04. The summed E-state index contributed by atoms with van der Waals surface area (Å²) < 4.78 is 0.636. The van der Waals surface area contributed by atoms with Gasteiger partial charge in [-0.1, -0.05) is 60.7 Å². The lowest BCUT2D eigenvalue weighted by Crippen LogP contribution is -2.59. The number of benzene rings is 1. The van der Waals surface area contributed by atoms with Crippen molar-refractivity contribution in [2.45, 2.75) is 69.7 Å². The first-order chi connectivity index (χ1) is 15.5. The molecule has 0 unspecified atom stereocenters. The molecule has 170 valence electrons. The van der Waals surface area contributed by atoms with Gasteiger partial charge in [-0.05, 0) is 80.8 Å². The molecule has 1 saturated heterocycles. The maximum Gasteiger partial charge on any atom is 0.266 e. The molecule has 6 heteroatoms. The number of nitrogens with one attached hydrogen (secondary N) is 1. The predicted octanol–water partition coefficient (Wildman–Crippen LogP) is 5.53. The summed E-state index contributed by atoms with van der Waals surface area (Å²) >= 11 is 6.82. The summed E-state index contributed by atoms with van der Waals surface area (Å²) in [4.78, 5) is 27.8. The molecule has 4 bridgehead atoms. The van der Waals surface area contributed by atoms with E-state index >= 15 is 0 Å². The van der Waals surface area contributed by atoms with Crippen molar-refractivity contribution in [2.24, 2.45) is 17.8 Å². The van der Waals surface area contributed by atoms with Crippen LogP contribution in [0.3, 0.4) is 0 Å². The van der Waals surface area contributed by atoms with E-state index in [1.165, 1.54) is 50.3 Å². The molecule has 6 rings (SSSR count). The van der Waals surface area contributed by atoms with Gasteiger partial charge in [-0.25, -0.2) is 0 Å². The van der Waals surface area contributed by atoms with E-state index in [-0.39, 0.29) is 17.4 Å². The quantitative estimate of drug-likeness (QED) is 0.309. The number of amides is 2. The van der Waals surface area contributed by atoms with Crippen molar-refractivity contribution >= 4 is 46.2 Å². The Morgan fingerprint density at radius 2 is 1.72 bits per heavy atom. The summed E-state index contributed by atoms with van der Waals surface area (Å²) in [5.74, 6) is 2.78. The highest BCUT2D eigenvalue weighted by Gasteiger charge is 2.51. The molecule has 4 aliphatic carbocycles. The third kappa shape index (κ3) is 4.81. The molecular weight excluding hydrogens is 436 g/mol. The van der Waals surface area contributed by atoms with Crippen LogP contribution in [-0.2, 0) is 9.59 Å². The number of thioether (sulfide) groups is 1. The molecule has 1 N–H and O–H groups in total. The second kappa shape index (κ2) is 9.30. The van der Waals surface area contributed by atoms with Crippen molar-refractivity contribution in [3.05, 3.63) is 40.8 Å². The van der Waals surface area contributed by atoms with Crippen LogP contribution in [0.2, 0.25) is 0 Å². The number of unbranched alkanes of at least 4 members (excludes halogenated alkanes) is 2. The van der Waals surface area contributed by atoms with Gasteiger partial charge >= 0.3 is 0 Å². The Morgan fingerprint density at radius 3 is 2.38 bits per heavy atom. The van der Waals surface area contributed by atoms with Crippen LogP contribution in [0.15, 0.2) is 35.2 Å². The van der Waals surface area contributed by atoms with E-state index < -0.39 is 0 Å². The lowest BCUT2D eigenvalue weighted by atomic mass is 9.53. The van der Waals surface area contributed by atoms with Crippen LogP contribution in [0, 0.1) is 17.8 Å². The van der Waals surface area contributed by atoms with E-state index in [1.807, 2.05) is 36.4 Å². The molecule has 5 fully saturated rings. The van der Waals surface area contributed by atoms with Crippen LogP contribution in [-0.4, -0.2) is 33.1 Å². The topological polar surface area (TPSA) is 49.4 Å². The number of rotatable bonds is 8. The zero-order valence-corrected chi connectivity index (χ0v) is 20.2. The second-order valence-corrected chi connectivity index (χ2v) is 12.0. The second-order valence-electron chi connectivity index (χ2n) is 10.3. The van der Waals surface area contributed by atoms with Crippen molar-refractivity contribution in [3.8, 4) is 0 Å². The molecule has 0 atom stereocenters. The van der Waals surface area contributed by atoms with E-state index in [2.05, 4.69) is 5.32 Å². The van der Waals surface area contributed by atoms with Crippen molar-refractivity contribution in [2.75, 3.05) is 6.54 Å². The van der Waals surface area contributed by atoms with Gasteiger partial charge in [0.25, 0.3) is 5.91 Å². The largest absolute Gasteiger partial charge is 0.351 e. The third-order valence-corrected chi connectivity index (χ3v) is 9.08. The zero-order valence-electron chi connectivity index (χ0n) is 18.6. The fraction of sp³-hybridized carbons (Fsp3) is 0.577. The fourth-order valence-electron chi connectivity index (χ4n) is 6.75. The van der Waals surface area contributed by atoms with Gasteiger partial charge in [0.2, 0.25) is 5.91 Å². The summed E-state index contributed by atoms with van der Waals surface area (Å²) in [5.41, 5.74) is 1.12. The average molecular weight is 469 g/mol. The first-order valence-corrected chi connectivity index (χ1v) is 13.3. The summed E-state index contributed by atoms with van der Waals surface area (Å²) in [6.45, 7) is 0.632. The Labute approximate surface area is 200 Å². The molecule has 2 amide bonds. The molecule has 4 nitrogen and oxygen atoms in total. The zero-order chi connectivity index (χ0) is 22.1. The number of nitrogens with zero attached hydrogens (tertiary/aromatic N) is 1. The number of thiocarbonyl (C=S) groups is 1. The lowest BCUT2D eigenvalue weighted by molar-refractivity contribution is -0.127. The van der Waals surface area contributed by atoms with E-state index in [1.54, 1.807) is 4.90 Å². The van der Waals surface area contributed by atoms with Crippen molar-refractivity contribution in [1.82, 2.24) is 10.2 Å².